The molecule has 0 aliphatic heterocycles. The van der Waals surface area contributed by atoms with E-state index in [4.69, 9.17) is 4.74 Å². The summed E-state index contributed by atoms with van der Waals surface area (Å²) in [6.45, 7) is -0.267. The number of hydrogen-bond donors (Lipinski definition) is 0. The molecule has 0 rings (SSSR count). The summed E-state index contributed by atoms with van der Waals surface area (Å²) in [5.41, 5.74) is 0.0570. The molecule has 28 heteroatoms. The fourth-order valence-corrected chi connectivity index (χ4v) is 3.16. The highest BCUT2D eigenvalue weighted by molar-refractivity contribution is 7.99. The molecule has 0 amide bonds. The van der Waals surface area contributed by atoms with Gasteiger partial charge in [0.05, 0.1) is 13.2 Å². The van der Waals surface area contributed by atoms with Gasteiger partial charge in [-0.1, -0.05) is 6.58 Å². The summed E-state index contributed by atoms with van der Waals surface area (Å²) in [7, 11) is 0. The van der Waals surface area contributed by atoms with E-state index in [9.17, 15) is 92.6 Å². The zero-order valence-electron chi connectivity index (χ0n) is 24.2. The van der Waals surface area contributed by atoms with Gasteiger partial charge in [0.1, 0.15) is 12.7 Å². The van der Waals surface area contributed by atoms with Gasteiger partial charge in [0.15, 0.2) is 0 Å². The number of ether oxygens (including phenoxy) is 6. The van der Waals surface area contributed by atoms with Gasteiger partial charge < -0.3 is 18.9 Å². The average molecular weight is 810 g/mol. The van der Waals surface area contributed by atoms with Gasteiger partial charge in [0.2, 0.25) is 0 Å². The van der Waals surface area contributed by atoms with E-state index >= 15 is 0 Å². The molecule has 7 nitrogen and oxygen atoms in total. The second-order valence-electron chi connectivity index (χ2n) is 9.18. The monoisotopic (exact) mass is 810 g/mol. The molecule has 0 saturated carbocycles. The van der Waals surface area contributed by atoms with Gasteiger partial charge >= 0.3 is 54.6 Å². The Labute approximate surface area is 270 Å². The minimum absolute atomic E-state index is 0.0570. The van der Waals surface area contributed by atoms with Crippen LogP contribution in [0.2, 0.25) is 0 Å². The van der Waals surface area contributed by atoms with Gasteiger partial charge in [0.25, 0.3) is 12.7 Å². The van der Waals surface area contributed by atoms with Crippen molar-refractivity contribution in [3.8, 4) is 0 Å². The van der Waals surface area contributed by atoms with Crippen molar-refractivity contribution in [1.82, 2.24) is 0 Å². The highest BCUT2D eigenvalue weighted by atomic mass is 32.2. The number of thioether (sulfide) groups is 1. The summed E-state index contributed by atoms with van der Waals surface area (Å²) in [4.78, 5) is 11.2. The van der Waals surface area contributed by atoms with Crippen LogP contribution in [0.15, 0.2) is 12.2 Å². The molecule has 0 aromatic rings. The third-order valence-electron chi connectivity index (χ3n) is 4.95. The van der Waals surface area contributed by atoms with Crippen LogP contribution in [-0.4, -0.2) is 111 Å². The molecule has 0 heterocycles. The smallest absolute Gasteiger partial charge is 0.461 e. The third-order valence-corrected chi connectivity index (χ3v) is 5.98. The number of halogens is 20. The van der Waals surface area contributed by atoms with Crippen molar-refractivity contribution < 1.29 is 121 Å². The molecule has 298 valence electrons. The van der Waals surface area contributed by atoms with Crippen LogP contribution in [-0.2, 0) is 33.2 Å². The Balaban J connectivity index is 5.72. The topological polar surface area (TPSA) is 72.5 Å². The van der Waals surface area contributed by atoms with Gasteiger partial charge in [-0.15, -0.1) is 0 Å². The lowest BCUT2D eigenvalue weighted by molar-refractivity contribution is -0.472. The van der Waals surface area contributed by atoms with Gasteiger partial charge in [0, 0.05) is 17.9 Å². The average Bonchev–Trinajstić information content (AvgIpc) is 2.92. The van der Waals surface area contributed by atoms with Crippen LogP contribution in [0, 0.1) is 0 Å². The summed E-state index contributed by atoms with van der Waals surface area (Å²) >= 11 is 1.03. The molecule has 0 radical (unpaired) electrons. The first kappa shape index (κ1) is 48.0. The predicted octanol–water partition coefficient (Wildman–Crippen LogP) is 8.04. The van der Waals surface area contributed by atoms with Crippen molar-refractivity contribution in [1.29, 1.82) is 0 Å². The fourth-order valence-electron chi connectivity index (χ4n) is 2.43. The second-order valence-corrected chi connectivity index (χ2v) is 10.4. The molecule has 0 aliphatic rings. The van der Waals surface area contributed by atoms with Crippen LogP contribution in [0.25, 0.3) is 0 Å². The SMILES string of the molecule is C=C(C)C(=O)OCCSCCCOCC(COC(F)(F)C(F)OC(F)(F)C(F)(F)C(F)(F)F)OC(F)(F)C(F)OC(F)(F)C(F)(F)C(F)(F)F. The van der Waals surface area contributed by atoms with E-state index in [0.29, 0.717) is 0 Å². The number of alkyl halides is 20. The van der Waals surface area contributed by atoms with Crippen LogP contribution in [0.1, 0.15) is 13.3 Å². The van der Waals surface area contributed by atoms with Crippen molar-refractivity contribution in [2.45, 2.75) is 80.8 Å². The zero-order chi connectivity index (χ0) is 39.8. The first-order valence-corrected chi connectivity index (χ1v) is 13.7. The van der Waals surface area contributed by atoms with Gasteiger partial charge in [-0.25, -0.2) is 13.6 Å². The van der Waals surface area contributed by atoms with Crippen molar-refractivity contribution in [3.63, 3.8) is 0 Å². The van der Waals surface area contributed by atoms with E-state index in [1.807, 2.05) is 0 Å². The van der Waals surface area contributed by atoms with E-state index in [-0.39, 0.29) is 30.1 Å². The highest BCUT2D eigenvalue weighted by Crippen LogP contribution is 2.50. The molecule has 3 unspecified atom stereocenters. The molecule has 0 bridgehead atoms. The Morgan fingerprint density at radius 3 is 1.50 bits per heavy atom. The molecule has 0 fully saturated rings. The van der Waals surface area contributed by atoms with Crippen LogP contribution in [0.4, 0.5) is 87.8 Å². The molecule has 50 heavy (non-hydrogen) atoms. The molecule has 3 atom stereocenters. The maximum atomic E-state index is 14.1. The van der Waals surface area contributed by atoms with Crippen LogP contribution < -0.4 is 0 Å². The molecule has 0 aromatic carbocycles. The Bertz CT molecular complexity index is 1090. The summed E-state index contributed by atoms with van der Waals surface area (Å²) < 4.78 is 281. The first-order valence-electron chi connectivity index (χ1n) is 12.5. The van der Waals surface area contributed by atoms with Crippen LogP contribution >= 0.6 is 11.8 Å². The second kappa shape index (κ2) is 17.7. The highest BCUT2D eigenvalue weighted by Gasteiger charge is 2.77. The lowest BCUT2D eigenvalue weighted by atomic mass is 10.3. The van der Waals surface area contributed by atoms with Crippen molar-refractivity contribution in [3.05, 3.63) is 12.2 Å². The summed E-state index contributed by atoms with van der Waals surface area (Å²) in [6.07, 6.45) is -54.8. The van der Waals surface area contributed by atoms with E-state index in [1.54, 1.807) is 0 Å². The van der Waals surface area contributed by atoms with Crippen molar-refractivity contribution >= 4 is 17.7 Å². The fraction of sp³-hybridized carbons (Fsp3) is 0.864. The first-order chi connectivity index (χ1) is 22.2. The van der Waals surface area contributed by atoms with E-state index in [0.717, 1.165) is 11.8 Å². The van der Waals surface area contributed by atoms with Crippen molar-refractivity contribution in [2.24, 2.45) is 0 Å². The predicted molar refractivity (Wildman–Crippen MR) is 123 cm³/mol. The Kier molecular flexibility index (Phi) is 16.9. The molecular formula is C22H22F20O7S. The quantitative estimate of drug-likeness (QED) is 0.0445. The summed E-state index contributed by atoms with van der Waals surface area (Å²) in [5, 5.41) is 0. The van der Waals surface area contributed by atoms with Crippen molar-refractivity contribution in [2.75, 3.05) is 37.9 Å². The standard InChI is InChI=1S/C22H22F20O7S/c1-10(2)12(43)45-5-7-50-6-3-4-44-8-11(47-16(27,28)14(24)49-22(41,42)18(31,32)20(36,37)38)9-46-15(25,26)13(23)48-21(39,40)17(29,30)19(33,34)35/h11,13-14H,1,3-9H2,2H3. The Morgan fingerprint density at radius 2 is 1.08 bits per heavy atom. The van der Waals surface area contributed by atoms with E-state index in [1.165, 1.54) is 6.92 Å². The molecule has 0 N–H and O–H groups in total. The maximum absolute atomic E-state index is 14.1. The number of carbonyl (C=O) groups is 1. The third kappa shape index (κ3) is 13.5. The Hall–Kier alpha value is -2.04. The lowest BCUT2D eigenvalue weighted by Crippen LogP contribution is -2.56. The van der Waals surface area contributed by atoms with Gasteiger partial charge in [-0.2, -0.15) is 90.8 Å². The normalized spacial score (nSPS) is 16.3. The summed E-state index contributed by atoms with van der Waals surface area (Å²) in [6, 6.07) is 0. The number of carbonyl (C=O) groups excluding carboxylic acids is 1. The molecule has 0 aromatic heterocycles. The van der Waals surface area contributed by atoms with E-state index in [2.05, 4.69) is 30.3 Å². The van der Waals surface area contributed by atoms with Gasteiger partial charge in [-0.05, 0) is 19.1 Å². The summed E-state index contributed by atoms with van der Waals surface area (Å²) in [5.74, 6) is -15.2. The number of rotatable bonds is 23. The zero-order valence-corrected chi connectivity index (χ0v) is 25.0. The minimum atomic E-state index is -7.33. The molecular weight excluding hydrogens is 788 g/mol. The molecule has 0 saturated heterocycles. The maximum Gasteiger partial charge on any atom is 0.462 e. The van der Waals surface area contributed by atoms with Gasteiger partial charge in [-0.3, -0.25) is 9.47 Å². The lowest BCUT2D eigenvalue weighted by Gasteiger charge is -2.32. The van der Waals surface area contributed by atoms with Crippen LogP contribution in [0.3, 0.4) is 0 Å². The number of esters is 1. The van der Waals surface area contributed by atoms with Crippen LogP contribution in [0.5, 0.6) is 0 Å². The largest absolute Gasteiger partial charge is 0.462 e. The molecule has 0 spiro atoms. The molecule has 0 aliphatic carbocycles. The minimum Gasteiger partial charge on any atom is -0.461 e. The van der Waals surface area contributed by atoms with E-state index < -0.39 is 93.2 Å². The Morgan fingerprint density at radius 1 is 0.640 bits per heavy atom. The number of hydrogen-bond acceptors (Lipinski definition) is 8.